The number of benzene rings is 1. The smallest absolute Gasteiger partial charge is 0.137 e. The molecule has 1 aliphatic rings. The molecule has 1 saturated carbocycles. The summed E-state index contributed by atoms with van der Waals surface area (Å²) in [5.74, 6) is 0.234. The van der Waals surface area contributed by atoms with Crippen LogP contribution in [0.2, 0.25) is 0 Å². The molecule has 0 bridgehead atoms. The summed E-state index contributed by atoms with van der Waals surface area (Å²) in [5, 5.41) is 2.80. The Morgan fingerprint density at radius 1 is 1.15 bits per heavy atom. The van der Waals surface area contributed by atoms with Gasteiger partial charge in [-0.15, -0.1) is 11.3 Å². The topological polar surface area (TPSA) is 56.2 Å². The second-order valence-corrected chi connectivity index (χ2v) is 8.59. The van der Waals surface area contributed by atoms with E-state index in [0.29, 0.717) is 5.92 Å². The average Bonchev–Trinajstić information content (AvgIpc) is 3.27. The van der Waals surface area contributed by atoms with Crippen LogP contribution >= 0.6 is 27.3 Å². The van der Waals surface area contributed by atoms with Gasteiger partial charge < -0.3 is 10.1 Å². The molecule has 1 aliphatic carbocycles. The molecule has 0 saturated heterocycles. The van der Waals surface area contributed by atoms with Crippen LogP contribution in [0, 0.1) is 5.82 Å². The summed E-state index contributed by atoms with van der Waals surface area (Å²) in [5.41, 5.74) is 11.4. The minimum absolute atomic E-state index is 0.253. The van der Waals surface area contributed by atoms with E-state index < -0.39 is 0 Å². The molecule has 5 rings (SSSR count). The highest BCUT2D eigenvalue weighted by atomic mass is 79.9. The van der Waals surface area contributed by atoms with Crippen LogP contribution in [-0.4, -0.2) is 14.4 Å². The molecule has 0 radical (unpaired) electrons. The molecule has 1 unspecified atom stereocenters. The fourth-order valence-corrected chi connectivity index (χ4v) is 4.49. The highest BCUT2D eigenvalue weighted by Crippen LogP contribution is 2.43. The van der Waals surface area contributed by atoms with Gasteiger partial charge in [-0.25, -0.2) is 14.4 Å². The standard InChI is InChI=1S/C20H16BrFN4S/c21-13-5-8-16-25-18(12-1-2-12)19(26(16)9-13)17(23)20-24-15(10-27-20)11-3-6-14(22)7-4-11/h3-10,12,17H,1-2,23H2. The SMILES string of the molecule is NC(c1nc(-c2ccc(F)cc2)cs1)c1c(C2CC2)nc2ccc(Br)cn12. The highest BCUT2D eigenvalue weighted by Gasteiger charge is 2.33. The molecular weight excluding hydrogens is 427 g/mol. The van der Waals surface area contributed by atoms with Crippen LogP contribution in [0.25, 0.3) is 16.9 Å². The van der Waals surface area contributed by atoms with Crippen molar-refractivity contribution < 1.29 is 4.39 Å². The Balaban J connectivity index is 1.58. The summed E-state index contributed by atoms with van der Waals surface area (Å²) in [4.78, 5) is 9.57. The molecule has 0 spiro atoms. The maximum absolute atomic E-state index is 13.2. The number of imidazole rings is 1. The van der Waals surface area contributed by atoms with E-state index in [4.69, 9.17) is 15.7 Å². The van der Waals surface area contributed by atoms with E-state index in [1.807, 2.05) is 23.7 Å². The molecule has 3 heterocycles. The molecule has 7 heteroatoms. The number of aromatic nitrogens is 3. The van der Waals surface area contributed by atoms with Gasteiger partial charge in [0.2, 0.25) is 0 Å². The molecule has 3 aromatic heterocycles. The van der Waals surface area contributed by atoms with Gasteiger partial charge in [0.25, 0.3) is 0 Å². The zero-order valence-electron chi connectivity index (χ0n) is 14.3. The summed E-state index contributed by atoms with van der Waals surface area (Å²) in [6.45, 7) is 0. The van der Waals surface area contributed by atoms with Crippen molar-refractivity contribution >= 4 is 32.9 Å². The van der Waals surface area contributed by atoms with Gasteiger partial charge in [0.15, 0.2) is 0 Å². The van der Waals surface area contributed by atoms with Crippen molar-refractivity contribution in [3.8, 4) is 11.3 Å². The van der Waals surface area contributed by atoms with Crippen molar-refractivity contribution in [2.24, 2.45) is 5.73 Å². The van der Waals surface area contributed by atoms with Gasteiger partial charge in [-0.3, -0.25) is 0 Å². The van der Waals surface area contributed by atoms with Crippen molar-refractivity contribution in [1.82, 2.24) is 14.4 Å². The molecule has 0 amide bonds. The zero-order chi connectivity index (χ0) is 18.5. The summed E-state index contributed by atoms with van der Waals surface area (Å²) >= 11 is 5.07. The number of pyridine rings is 1. The van der Waals surface area contributed by atoms with Crippen LogP contribution in [0.3, 0.4) is 0 Å². The molecule has 27 heavy (non-hydrogen) atoms. The number of nitrogens with two attached hydrogens (primary N) is 1. The maximum Gasteiger partial charge on any atom is 0.137 e. The van der Waals surface area contributed by atoms with E-state index in [1.165, 1.54) is 23.5 Å². The fraction of sp³-hybridized carbons (Fsp3) is 0.200. The van der Waals surface area contributed by atoms with Gasteiger partial charge >= 0.3 is 0 Å². The van der Waals surface area contributed by atoms with Gasteiger partial charge in [0, 0.05) is 27.5 Å². The van der Waals surface area contributed by atoms with Gasteiger partial charge in [0.1, 0.15) is 22.5 Å². The summed E-state index contributed by atoms with van der Waals surface area (Å²) in [6, 6.07) is 10.00. The number of hydrogen-bond donors (Lipinski definition) is 1. The lowest BCUT2D eigenvalue weighted by Crippen LogP contribution is -2.16. The molecule has 1 atom stereocenters. The molecule has 4 aromatic rings. The largest absolute Gasteiger partial charge is 0.317 e. The highest BCUT2D eigenvalue weighted by molar-refractivity contribution is 9.10. The first-order chi connectivity index (χ1) is 13.1. The Kier molecular flexibility index (Phi) is 4.11. The Labute approximate surface area is 168 Å². The minimum Gasteiger partial charge on any atom is -0.317 e. The maximum atomic E-state index is 13.2. The lowest BCUT2D eigenvalue weighted by atomic mass is 10.1. The van der Waals surface area contributed by atoms with Gasteiger partial charge in [-0.05, 0) is 65.2 Å². The van der Waals surface area contributed by atoms with Crippen LogP contribution in [0.5, 0.6) is 0 Å². The lowest BCUT2D eigenvalue weighted by Gasteiger charge is -2.11. The van der Waals surface area contributed by atoms with Crippen molar-refractivity contribution in [3.63, 3.8) is 0 Å². The summed E-state index contributed by atoms with van der Waals surface area (Å²) in [7, 11) is 0. The molecule has 2 N–H and O–H groups in total. The first-order valence-corrected chi connectivity index (χ1v) is 10.4. The number of halogens is 2. The van der Waals surface area contributed by atoms with Crippen molar-refractivity contribution in [2.75, 3.05) is 0 Å². The van der Waals surface area contributed by atoms with E-state index >= 15 is 0 Å². The molecule has 4 nitrogen and oxygen atoms in total. The van der Waals surface area contributed by atoms with Crippen LogP contribution in [0.15, 0.2) is 52.4 Å². The third kappa shape index (κ3) is 3.09. The normalized spacial score (nSPS) is 15.4. The second-order valence-electron chi connectivity index (χ2n) is 6.79. The van der Waals surface area contributed by atoms with E-state index in [1.54, 1.807) is 12.1 Å². The lowest BCUT2D eigenvalue weighted by molar-refractivity contribution is 0.628. The Morgan fingerprint density at radius 3 is 2.67 bits per heavy atom. The monoisotopic (exact) mass is 442 g/mol. The van der Waals surface area contributed by atoms with Gasteiger partial charge in [-0.2, -0.15) is 0 Å². The number of rotatable bonds is 4. The van der Waals surface area contributed by atoms with Gasteiger partial charge in [-0.1, -0.05) is 0 Å². The Bertz CT molecular complexity index is 1130. The molecule has 136 valence electrons. The van der Waals surface area contributed by atoms with Crippen molar-refractivity contribution in [2.45, 2.75) is 24.8 Å². The first kappa shape index (κ1) is 17.0. The van der Waals surface area contributed by atoms with Crippen LogP contribution < -0.4 is 5.73 Å². The van der Waals surface area contributed by atoms with Crippen molar-refractivity contribution in [3.05, 3.63) is 74.7 Å². The molecule has 1 aromatic carbocycles. The number of fused-ring (bicyclic) bond motifs is 1. The van der Waals surface area contributed by atoms with Crippen LogP contribution in [0.1, 0.15) is 41.2 Å². The van der Waals surface area contributed by atoms with Crippen LogP contribution in [0.4, 0.5) is 4.39 Å². The van der Waals surface area contributed by atoms with E-state index in [0.717, 1.165) is 50.6 Å². The van der Waals surface area contributed by atoms with Crippen molar-refractivity contribution in [1.29, 1.82) is 0 Å². The fourth-order valence-electron chi connectivity index (χ4n) is 3.32. The van der Waals surface area contributed by atoms with Crippen LogP contribution in [-0.2, 0) is 0 Å². The van der Waals surface area contributed by atoms with E-state index in [-0.39, 0.29) is 11.9 Å². The molecule has 0 aliphatic heterocycles. The Hall–Kier alpha value is -2.09. The van der Waals surface area contributed by atoms with E-state index in [9.17, 15) is 4.39 Å². The minimum atomic E-state index is -0.357. The first-order valence-electron chi connectivity index (χ1n) is 8.74. The predicted molar refractivity (Wildman–Crippen MR) is 108 cm³/mol. The number of nitrogens with zero attached hydrogens (tertiary/aromatic N) is 3. The quantitative estimate of drug-likeness (QED) is 0.467. The molecule has 1 fully saturated rings. The van der Waals surface area contributed by atoms with Gasteiger partial charge in [0.05, 0.1) is 17.1 Å². The number of thiazole rings is 1. The zero-order valence-corrected chi connectivity index (χ0v) is 16.7. The third-order valence-corrected chi connectivity index (χ3v) is 6.23. The Morgan fingerprint density at radius 2 is 1.93 bits per heavy atom. The predicted octanol–water partition coefficient (Wildman–Crippen LogP) is 5.28. The summed E-state index contributed by atoms with van der Waals surface area (Å²) in [6.07, 6.45) is 4.32. The molecular formula is C20H16BrFN4S. The summed E-state index contributed by atoms with van der Waals surface area (Å²) < 4.78 is 16.2. The third-order valence-electron chi connectivity index (χ3n) is 4.83. The van der Waals surface area contributed by atoms with E-state index in [2.05, 4.69) is 20.3 Å². The second kappa shape index (κ2) is 6.51. The number of hydrogen-bond acceptors (Lipinski definition) is 4. The average molecular weight is 443 g/mol.